The van der Waals surface area contributed by atoms with Crippen molar-refractivity contribution in [1.29, 1.82) is 0 Å². The van der Waals surface area contributed by atoms with Crippen molar-refractivity contribution in [3.05, 3.63) is 47.8 Å². The molecular weight excluding hydrogens is 279 g/mol. The lowest BCUT2D eigenvalue weighted by Gasteiger charge is -2.30. The van der Waals surface area contributed by atoms with Gasteiger partial charge in [-0.1, -0.05) is 12.1 Å². The van der Waals surface area contributed by atoms with Crippen LogP contribution in [0.4, 0.5) is 4.39 Å². The number of halogens is 1. The Morgan fingerprint density at radius 2 is 2.27 bits per heavy atom. The molecular formula is C17H23FN4. The molecule has 1 aromatic heterocycles. The number of aryl methyl sites for hydroxylation is 2. The van der Waals surface area contributed by atoms with Crippen molar-refractivity contribution >= 4 is 0 Å². The fourth-order valence-electron chi connectivity index (χ4n) is 3.42. The highest BCUT2D eigenvalue weighted by Crippen LogP contribution is 2.33. The molecule has 1 aromatic carbocycles. The summed E-state index contributed by atoms with van der Waals surface area (Å²) in [6, 6.07) is 7.73. The summed E-state index contributed by atoms with van der Waals surface area (Å²) in [5.41, 5.74) is 1.07. The number of nitrogens with zero attached hydrogens (tertiary/aromatic N) is 4. The summed E-state index contributed by atoms with van der Waals surface area (Å²) in [6.45, 7) is 3.36. The van der Waals surface area contributed by atoms with E-state index in [4.69, 9.17) is 0 Å². The second-order valence-electron chi connectivity index (χ2n) is 6.21. The summed E-state index contributed by atoms with van der Waals surface area (Å²) in [5.74, 6) is 0.901. The Hall–Kier alpha value is -1.75. The van der Waals surface area contributed by atoms with E-state index in [9.17, 15) is 4.39 Å². The number of rotatable bonds is 5. The van der Waals surface area contributed by atoms with Crippen molar-refractivity contribution in [2.24, 2.45) is 7.05 Å². The Morgan fingerprint density at radius 1 is 1.41 bits per heavy atom. The van der Waals surface area contributed by atoms with Gasteiger partial charge in [-0.15, -0.1) is 10.2 Å². The first-order valence-electron chi connectivity index (χ1n) is 7.99. The molecule has 0 saturated carbocycles. The number of hydrogen-bond acceptors (Lipinski definition) is 3. The number of likely N-dealkylation sites (tertiary alicyclic amines) is 1. The molecule has 118 valence electrons. The molecule has 2 atom stereocenters. The zero-order chi connectivity index (χ0) is 15.5. The molecule has 2 aromatic rings. The summed E-state index contributed by atoms with van der Waals surface area (Å²) in [4.78, 5) is 2.52. The fraction of sp³-hybridized carbons (Fsp3) is 0.529. The lowest BCUT2D eigenvalue weighted by Crippen LogP contribution is -2.34. The molecule has 5 heteroatoms. The molecule has 0 N–H and O–H groups in total. The van der Waals surface area contributed by atoms with Crippen molar-refractivity contribution in [3.8, 4) is 0 Å². The summed E-state index contributed by atoms with van der Waals surface area (Å²) >= 11 is 0. The average Bonchev–Trinajstić information content (AvgIpc) is 3.13. The maximum atomic E-state index is 13.3. The van der Waals surface area contributed by atoms with Gasteiger partial charge in [0.05, 0.1) is 6.04 Å². The predicted octanol–water partition coefficient (Wildman–Crippen LogP) is 3.11. The van der Waals surface area contributed by atoms with Gasteiger partial charge in [0.1, 0.15) is 18.0 Å². The first-order valence-corrected chi connectivity index (χ1v) is 7.99. The van der Waals surface area contributed by atoms with Crippen LogP contribution >= 0.6 is 0 Å². The molecule has 0 radical (unpaired) electrons. The van der Waals surface area contributed by atoms with Crippen LogP contribution in [0.15, 0.2) is 30.6 Å². The van der Waals surface area contributed by atoms with Gasteiger partial charge in [0.25, 0.3) is 0 Å². The van der Waals surface area contributed by atoms with E-state index < -0.39 is 0 Å². The number of hydrogen-bond donors (Lipinski definition) is 0. The maximum absolute atomic E-state index is 13.3. The van der Waals surface area contributed by atoms with E-state index in [1.165, 1.54) is 12.5 Å². The van der Waals surface area contributed by atoms with Gasteiger partial charge in [0, 0.05) is 13.1 Å². The van der Waals surface area contributed by atoms with Gasteiger partial charge in [-0.3, -0.25) is 4.90 Å². The van der Waals surface area contributed by atoms with Crippen molar-refractivity contribution in [2.75, 3.05) is 6.54 Å². The summed E-state index contributed by atoms with van der Waals surface area (Å²) in [6.07, 6.45) is 6.03. The van der Waals surface area contributed by atoms with Crippen LogP contribution in [-0.4, -0.2) is 32.3 Å². The maximum Gasteiger partial charge on any atom is 0.149 e. The molecule has 2 unspecified atom stereocenters. The summed E-state index contributed by atoms with van der Waals surface area (Å²) in [7, 11) is 2.00. The molecule has 0 spiro atoms. The van der Waals surface area contributed by atoms with Gasteiger partial charge in [0.2, 0.25) is 0 Å². The third kappa shape index (κ3) is 3.19. The van der Waals surface area contributed by atoms with Crippen molar-refractivity contribution in [1.82, 2.24) is 19.7 Å². The second kappa shape index (κ2) is 6.57. The van der Waals surface area contributed by atoms with E-state index in [0.29, 0.717) is 12.1 Å². The minimum Gasteiger partial charge on any atom is -0.319 e. The molecule has 3 rings (SSSR count). The number of aromatic nitrogens is 3. The van der Waals surface area contributed by atoms with Crippen LogP contribution in [0.5, 0.6) is 0 Å². The highest BCUT2D eigenvalue weighted by atomic mass is 19.1. The van der Waals surface area contributed by atoms with E-state index >= 15 is 0 Å². The van der Waals surface area contributed by atoms with E-state index in [1.54, 1.807) is 18.5 Å². The molecule has 1 saturated heterocycles. The predicted molar refractivity (Wildman–Crippen MR) is 83.9 cm³/mol. The number of benzene rings is 1. The van der Waals surface area contributed by atoms with Crippen LogP contribution in [0.3, 0.4) is 0 Å². The van der Waals surface area contributed by atoms with Crippen molar-refractivity contribution in [2.45, 2.75) is 44.7 Å². The zero-order valence-corrected chi connectivity index (χ0v) is 13.2. The Kier molecular flexibility index (Phi) is 4.52. The first kappa shape index (κ1) is 15.2. The Morgan fingerprint density at radius 3 is 3.00 bits per heavy atom. The fourth-order valence-corrected chi connectivity index (χ4v) is 3.42. The van der Waals surface area contributed by atoms with Crippen LogP contribution in [-0.2, 0) is 13.5 Å². The molecule has 0 bridgehead atoms. The van der Waals surface area contributed by atoms with Gasteiger partial charge in [0.15, 0.2) is 0 Å². The molecule has 0 amide bonds. The smallest absolute Gasteiger partial charge is 0.149 e. The third-order valence-electron chi connectivity index (χ3n) is 4.64. The minimum atomic E-state index is -0.150. The quantitative estimate of drug-likeness (QED) is 0.851. The normalized spacial score (nSPS) is 20.4. The SMILES string of the molecule is CC(CCc1cccc(F)c1)N1CCCC1c1nncn1C. The standard InChI is InChI=1S/C17H23FN4/c1-13(8-9-14-5-3-6-15(18)11-14)22-10-4-7-16(22)17-20-19-12-21(17)2/h3,5-6,11-13,16H,4,7-10H2,1-2H3. The largest absolute Gasteiger partial charge is 0.319 e. The molecule has 1 fully saturated rings. The van der Waals surface area contributed by atoms with Crippen LogP contribution in [0.1, 0.15) is 43.6 Å². The highest BCUT2D eigenvalue weighted by molar-refractivity contribution is 5.16. The average molecular weight is 302 g/mol. The highest BCUT2D eigenvalue weighted by Gasteiger charge is 2.32. The first-order chi connectivity index (χ1) is 10.6. The molecule has 0 aliphatic carbocycles. The van der Waals surface area contributed by atoms with Gasteiger partial charge in [-0.2, -0.15) is 0 Å². The van der Waals surface area contributed by atoms with E-state index in [0.717, 1.165) is 37.2 Å². The molecule has 22 heavy (non-hydrogen) atoms. The van der Waals surface area contributed by atoms with Crippen LogP contribution in [0.2, 0.25) is 0 Å². The lowest BCUT2D eigenvalue weighted by atomic mass is 10.0. The Bertz CT molecular complexity index is 625. The molecule has 1 aliphatic rings. The molecule has 2 heterocycles. The van der Waals surface area contributed by atoms with Gasteiger partial charge < -0.3 is 4.57 Å². The minimum absolute atomic E-state index is 0.150. The second-order valence-corrected chi connectivity index (χ2v) is 6.21. The lowest BCUT2D eigenvalue weighted by molar-refractivity contribution is 0.175. The van der Waals surface area contributed by atoms with Crippen LogP contribution in [0, 0.1) is 5.82 Å². The Labute approximate surface area is 131 Å². The topological polar surface area (TPSA) is 34.0 Å². The summed E-state index contributed by atoms with van der Waals surface area (Å²) < 4.78 is 15.3. The van der Waals surface area contributed by atoms with Gasteiger partial charge >= 0.3 is 0 Å². The Balaban J connectivity index is 1.64. The van der Waals surface area contributed by atoms with Crippen LogP contribution in [0.25, 0.3) is 0 Å². The van der Waals surface area contributed by atoms with E-state index in [1.807, 2.05) is 17.7 Å². The van der Waals surface area contributed by atoms with E-state index in [2.05, 4.69) is 22.0 Å². The van der Waals surface area contributed by atoms with Crippen molar-refractivity contribution < 1.29 is 4.39 Å². The van der Waals surface area contributed by atoms with Crippen LogP contribution < -0.4 is 0 Å². The van der Waals surface area contributed by atoms with Crippen molar-refractivity contribution in [3.63, 3.8) is 0 Å². The summed E-state index contributed by atoms with van der Waals surface area (Å²) in [5, 5.41) is 8.29. The monoisotopic (exact) mass is 302 g/mol. The van der Waals surface area contributed by atoms with E-state index in [-0.39, 0.29) is 5.82 Å². The molecule has 1 aliphatic heterocycles. The third-order valence-corrected chi connectivity index (χ3v) is 4.64. The van der Waals surface area contributed by atoms with Gasteiger partial charge in [-0.25, -0.2) is 4.39 Å². The van der Waals surface area contributed by atoms with Gasteiger partial charge in [-0.05, 0) is 56.8 Å². The zero-order valence-electron chi connectivity index (χ0n) is 13.2. The molecule has 4 nitrogen and oxygen atoms in total.